The van der Waals surface area contributed by atoms with Gasteiger partial charge in [-0.1, -0.05) is 54.3 Å². The van der Waals surface area contributed by atoms with Gasteiger partial charge in [-0.3, -0.25) is 4.79 Å². The van der Waals surface area contributed by atoms with Gasteiger partial charge in [-0.25, -0.2) is 4.79 Å². The van der Waals surface area contributed by atoms with Crippen LogP contribution in [0.5, 0.6) is 0 Å². The zero-order chi connectivity index (χ0) is 21.1. The first kappa shape index (κ1) is 19.5. The zero-order valence-corrected chi connectivity index (χ0v) is 16.7. The second kappa shape index (κ2) is 8.30. The molecule has 5 nitrogen and oxygen atoms in total. The minimum atomic E-state index is -0.960. The number of aromatic carboxylic acids is 1. The Morgan fingerprint density at radius 2 is 1.87 bits per heavy atom. The second-order valence-electron chi connectivity index (χ2n) is 7.48. The molecule has 4 rings (SSSR count). The third-order valence-corrected chi connectivity index (χ3v) is 5.31. The summed E-state index contributed by atoms with van der Waals surface area (Å²) in [6, 6.07) is 16.6. The highest BCUT2D eigenvalue weighted by atomic mass is 16.4. The van der Waals surface area contributed by atoms with E-state index in [1.165, 1.54) is 5.56 Å². The molecule has 5 heteroatoms. The Bertz CT molecular complexity index is 1200. The highest BCUT2D eigenvalue weighted by molar-refractivity contribution is 5.87. The van der Waals surface area contributed by atoms with Gasteiger partial charge in [0.15, 0.2) is 0 Å². The van der Waals surface area contributed by atoms with Crippen LogP contribution in [0.4, 0.5) is 5.69 Å². The van der Waals surface area contributed by atoms with Crippen LogP contribution in [-0.4, -0.2) is 21.7 Å². The Kier molecular flexibility index (Phi) is 5.40. The van der Waals surface area contributed by atoms with E-state index in [1.807, 2.05) is 36.0 Å². The number of aryl methyl sites for hydroxylation is 1. The average molecular weight is 398 g/mol. The molecule has 1 aromatic heterocycles. The number of aromatic nitrogens is 1. The van der Waals surface area contributed by atoms with Crippen molar-refractivity contribution >= 4 is 11.7 Å². The van der Waals surface area contributed by atoms with E-state index in [-0.39, 0.29) is 17.0 Å². The number of hydrogen-bond donors (Lipinski definition) is 2. The van der Waals surface area contributed by atoms with Gasteiger partial charge in [-0.15, -0.1) is 0 Å². The van der Waals surface area contributed by atoms with Crippen LogP contribution in [0.1, 0.15) is 32.7 Å². The summed E-state index contributed by atoms with van der Waals surface area (Å²) in [5, 5.41) is 12.3. The van der Waals surface area contributed by atoms with Crippen LogP contribution in [0.25, 0.3) is 0 Å². The Morgan fingerprint density at radius 3 is 2.57 bits per heavy atom. The molecule has 3 aromatic rings. The van der Waals surface area contributed by atoms with Gasteiger partial charge in [0.25, 0.3) is 0 Å². The van der Waals surface area contributed by atoms with E-state index in [0.29, 0.717) is 30.5 Å². The van der Waals surface area contributed by atoms with Crippen LogP contribution >= 0.6 is 0 Å². The van der Waals surface area contributed by atoms with E-state index in [2.05, 4.69) is 29.3 Å². The molecule has 30 heavy (non-hydrogen) atoms. The van der Waals surface area contributed by atoms with E-state index in [4.69, 9.17) is 5.11 Å². The molecule has 1 atom stereocenters. The summed E-state index contributed by atoms with van der Waals surface area (Å²) in [6.07, 6.45) is 3.69. The lowest BCUT2D eigenvalue weighted by Crippen LogP contribution is -2.19. The molecule has 0 saturated heterocycles. The maximum Gasteiger partial charge on any atom is 0.335 e. The SMILES string of the molecule is Cn1cc(Cc2ccc(C(=O)O)cc2)c(=O)c2c1CC(C#CCc1ccccc1)N2. The molecule has 2 aromatic carbocycles. The van der Waals surface area contributed by atoms with Crippen molar-refractivity contribution < 1.29 is 9.90 Å². The summed E-state index contributed by atoms with van der Waals surface area (Å²) in [6.45, 7) is 0. The fourth-order valence-electron chi connectivity index (χ4n) is 3.72. The number of pyridine rings is 1. The van der Waals surface area contributed by atoms with E-state index in [1.54, 1.807) is 24.3 Å². The van der Waals surface area contributed by atoms with Gasteiger partial charge in [-0.2, -0.15) is 0 Å². The molecule has 2 N–H and O–H groups in total. The minimum Gasteiger partial charge on any atom is -0.478 e. The molecule has 0 saturated carbocycles. The number of hydrogen-bond acceptors (Lipinski definition) is 3. The first-order valence-electron chi connectivity index (χ1n) is 9.83. The fourth-order valence-corrected chi connectivity index (χ4v) is 3.72. The highest BCUT2D eigenvalue weighted by Gasteiger charge is 2.25. The van der Waals surface area contributed by atoms with Crippen molar-refractivity contribution in [2.45, 2.75) is 25.3 Å². The van der Waals surface area contributed by atoms with Gasteiger partial charge in [0.2, 0.25) is 5.43 Å². The maximum atomic E-state index is 13.0. The lowest BCUT2D eigenvalue weighted by atomic mass is 10.0. The second-order valence-corrected chi connectivity index (χ2v) is 7.48. The predicted molar refractivity (Wildman–Crippen MR) is 117 cm³/mol. The van der Waals surface area contributed by atoms with Gasteiger partial charge in [0, 0.05) is 43.8 Å². The molecule has 0 radical (unpaired) electrons. The molecular weight excluding hydrogens is 376 g/mol. The summed E-state index contributed by atoms with van der Waals surface area (Å²) in [7, 11) is 1.94. The standard InChI is InChI=1S/C25H22N2O3/c1-27-16-20(14-18-10-12-19(13-11-18)25(29)30)24(28)23-22(27)15-21(26-23)9-5-8-17-6-3-2-4-7-17/h2-4,6-7,10-13,16,21,26H,8,14-15H2,1H3,(H,29,30). The van der Waals surface area contributed by atoms with Crippen molar-refractivity contribution in [3.8, 4) is 11.8 Å². The largest absolute Gasteiger partial charge is 0.478 e. The molecule has 2 heterocycles. The van der Waals surface area contributed by atoms with Crippen molar-refractivity contribution in [1.29, 1.82) is 0 Å². The molecule has 1 aliphatic heterocycles. The van der Waals surface area contributed by atoms with E-state index < -0.39 is 5.97 Å². The number of nitrogens with one attached hydrogen (secondary N) is 1. The average Bonchev–Trinajstić information content (AvgIpc) is 3.18. The summed E-state index contributed by atoms with van der Waals surface area (Å²) >= 11 is 0. The highest BCUT2D eigenvalue weighted by Crippen LogP contribution is 2.23. The van der Waals surface area contributed by atoms with Crippen molar-refractivity contribution in [3.63, 3.8) is 0 Å². The smallest absolute Gasteiger partial charge is 0.335 e. The number of carbonyl (C=O) groups is 1. The van der Waals surface area contributed by atoms with Crippen molar-refractivity contribution in [3.05, 3.63) is 99.0 Å². The lowest BCUT2D eigenvalue weighted by molar-refractivity contribution is 0.0697. The Balaban J connectivity index is 1.51. The van der Waals surface area contributed by atoms with Crippen LogP contribution in [0.3, 0.4) is 0 Å². The number of carboxylic acid groups (broad SMARTS) is 1. The Hall–Kier alpha value is -3.78. The van der Waals surface area contributed by atoms with Gasteiger partial charge in [0.05, 0.1) is 11.6 Å². The monoisotopic (exact) mass is 398 g/mol. The topological polar surface area (TPSA) is 71.3 Å². The van der Waals surface area contributed by atoms with E-state index >= 15 is 0 Å². The van der Waals surface area contributed by atoms with Gasteiger partial charge in [0.1, 0.15) is 5.69 Å². The van der Waals surface area contributed by atoms with Gasteiger partial charge in [-0.05, 0) is 23.3 Å². The van der Waals surface area contributed by atoms with Crippen LogP contribution in [0.2, 0.25) is 0 Å². The van der Waals surface area contributed by atoms with Crippen LogP contribution in [0, 0.1) is 11.8 Å². The van der Waals surface area contributed by atoms with Crippen LogP contribution < -0.4 is 10.7 Å². The molecule has 1 aliphatic rings. The summed E-state index contributed by atoms with van der Waals surface area (Å²) in [4.78, 5) is 24.0. The summed E-state index contributed by atoms with van der Waals surface area (Å²) < 4.78 is 1.99. The lowest BCUT2D eigenvalue weighted by Gasteiger charge is -2.10. The quantitative estimate of drug-likeness (QED) is 0.662. The molecule has 1 unspecified atom stereocenters. The number of benzene rings is 2. The Labute approximate surface area is 175 Å². The third-order valence-electron chi connectivity index (χ3n) is 5.31. The van der Waals surface area contributed by atoms with Crippen molar-refractivity contribution in [2.24, 2.45) is 7.05 Å². The minimum absolute atomic E-state index is 0.0160. The fraction of sp³-hybridized carbons (Fsp3) is 0.200. The van der Waals surface area contributed by atoms with Gasteiger partial charge >= 0.3 is 5.97 Å². The summed E-state index contributed by atoms with van der Waals surface area (Å²) in [5.41, 5.74) is 4.54. The van der Waals surface area contributed by atoms with Crippen LogP contribution in [0.15, 0.2) is 65.6 Å². The normalized spacial score (nSPS) is 14.4. The molecular formula is C25H22N2O3. The number of rotatable bonds is 4. The summed E-state index contributed by atoms with van der Waals surface area (Å²) in [5.74, 6) is 5.50. The van der Waals surface area contributed by atoms with Crippen molar-refractivity contribution in [1.82, 2.24) is 4.57 Å². The maximum absolute atomic E-state index is 13.0. The number of nitrogens with zero attached hydrogens (tertiary/aromatic N) is 1. The molecule has 150 valence electrons. The molecule has 0 bridgehead atoms. The Morgan fingerprint density at radius 1 is 1.13 bits per heavy atom. The number of carboxylic acids is 1. The van der Waals surface area contributed by atoms with E-state index in [9.17, 15) is 9.59 Å². The molecule has 0 amide bonds. The molecule has 0 fully saturated rings. The van der Waals surface area contributed by atoms with E-state index in [0.717, 1.165) is 11.3 Å². The predicted octanol–water partition coefficient (Wildman–Crippen LogP) is 3.26. The first-order chi connectivity index (χ1) is 14.5. The first-order valence-corrected chi connectivity index (χ1v) is 9.83. The zero-order valence-electron chi connectivity index (χ0n) is 16.7. The molecule has 0 spiro atoms. The van der Waals surface area contributed by atoms with Crippen LogP contribution in [-0.2, 0) is 26.3 Å². The van der Waals surface area contributed by atoms with Crippen molar-refractivity contribution in [2.75, 3.05) is 5.32 Å². The number of anilines is 1. The third kappa shape index (κ3) is 4.13. The molecule has 0 aliphatic carbocycles. The number of fused-ring (bicyclic) bond motifs is 1. The van der Waals surface area contributed by atoms with Gasteiger partial charge < -0.3 is 15.0 Å².